The van der Waals surface area contributed by atoms with Crippen molar-refractivity contribution < 1.29 is 29.7 Å². The van der Waals surface area contributed by atoms with Gasteiger partial charge in [0.1, 0.15) is 0 Å². The zero-order valence-electron chi connectivity index (χ0n) is 12.7. The van der Waals surface area contributed by atoms with Crippen LogP contribution in [0.1, 0.15) is 9.60 Å². The third-order valence-corrected chi connectivity index (χ3v) is 1.07. The van der Waals surface area contributed by atoms with Crippen molar-refractivity contribution in [3.05, 3.63) is 48.6 Å². The first-order valence-electron chi connectivity index (χ1n) is 6.37. The molecule has 0 amide bonds. The fourth-order valence-electron chi connectivity index (χ4n) is 0.633. The van der Waals surface area contributed by atoms with E-state index in [0.29, 0.717) is 0 Å². The van der Waals surface area contributed by atoms with Crippen LogP contribution in [0.25, 0.3) is 5.69 Å². The predicted octanol–water partition coefficient (Wildman–Crippen LogP) is 1.67. The minimum Gasteiger partial charge on any atom is -0.266 e. The van der Waals surface area contributed by atoms with Gasteiger partial charge >= 0.3 is 0 Å². The van der Waals surface area contributed by atoms with Crippen LogP contribution >= 0.6 is 0 Å². The molecule has 12 heavy (non-hydrogen) atoms. The molecule has 0 fully saturated rings. The van der Waals surface area contributed by atoms with Crippen molar-refractivity contribution in [1.29, 1.82) is 0 Å². The second kappa shape index (κ2) is 4.19. The number of rotatable bonds is 1. The molecule has 0 N–H and O–H groups in total. The Bertz CT molecular complexity index is 640. The van der Waals surface area contributed by atoms with E-state index in [-0.39, 0.29) is 31.8 Å². The van der Waals surface area contributed by atoms with Gasteiger partial charge in [0.15, 0.2) is 0 Å². The number of aromatic nitrogens is 2. The van der Waals surface area contributed by atoms with E-state index in [9.17, 15) is 0 Å². The first-order chi connectivity index (χ1) is 8.34. The number of nitrogens with zero attached hydrogens (tertiary/aromatic N) is 2. The van der Waals surface area contributed by atoms with Gasteiger partial charge in [-0.15, -0.1) is 6.04 Å². The van der Waals surface area contributed by atoms with E-state index in [4.69, 9.17) is 9.60 Å². The Morgan fingerprint density at radius 3 is 3.08 bits per heavy atom. The van der Waals surface area contributed by atoms with Crippen molar-refractivity contribution in [3.8, 4) is 5.69 Å². The molecule has 1 aromatic heterocycles. The van der Waals surface area contributed by atoms with Gasteiger partial charge in [0.05, 0.1) is 4.11 Å². The molecule has 0 aliphatic carbocycles. The van der Waals surface area contributed by atoms with Gasteiger partial charge in [-0.1, -0.05) is 0 Å². The summed E-state index contributed by atoms with van der Waals surface area (Å²) in [5, 5.41) is 3.58. The van der Waals surface area contributed by atoms with Crippen LogP contribution in [0.15, 0.2) is 42.6 Å². The van der Waals surface area contributed by atoms with Gasteiger partial charge in [-0.3, -0.25) is 4.68 Å². The SMILES string of the molecule is [2H]c1[c-]c(-n2nc([2H])c([2H])c2[2H])c([2H])c([2H])c1[2H].[Ir]. The van der Waals surface area contributed by atoms with E-state index in [0.717, 1.165) is 4.68 Å². The average molecular weight is 342 g/mol. The normalized spacial score (nSPS) is 17.2. The molecule has 0 aliphatic rings. The zero-order valence-corrected chi connectivity index (χ0v) is 8.12. The molecule has 0 spiro atoms. The first kappa shape index (κ1) is 3.44. The quantitative estimate of drug-likeness (QED) is 0.721. The maximum absolute atomic E-state index is 7.66. The Balaban J connectivity index is 0.00000180. The molecule has 3 heteroatoms. The van der Waals surface area contributed by atoms with Crippen molar-refractivity contribution >= 4 is 0 Å². The molecular formula is C9H7IrN2-. The largest absolute Gasteiger partial charge is 0.266 e. The van der Waals surface area contributed by atoms with Gasteiger partial charge in [0.2, 0.25) is 0 Å². The predicted molar refractivity (Wildman–Crippen MR) is 42.4 cm³/mol. The maximum Gasteiger partial charge on any atom is 0.0860 e. The van der Waals surface area contributed by atoms with Crippen LogP contribution in [0, 0.1) is 6.07 Å². The molecule has 2 nitrogen and oxygen atoms in total. The molecule has 1 aromatic carbocycles. The van der Waals surface area contributed by atoms with Gasteiger partial charge in [-0.2, -0.15) is 29.3 Å². The van der Waals surface area contributed by atoms with Crippen LogP contribution in [0.5, 0.6) is 0 Å². The molecule has 0 atom stereocenters. The molecule has 0 saturated carbocycles. The summed E-state index contributed by atoms with van der Waals surface area (Å²) < 4.78 is 53.0. The van der Waals surface area contributed by atoms with Gasteiger partial charge < -0.3 is 0 Å². The number of hydrogen-bond acceptors (Lipinski definition) is 1. The second-order valence-electron chi connectivity index (χ2n) is 1.73. The summed E-state index contributed by atoms with van der Waals surface area (Å²) in [5.41, 5.74) is -0.169. The van der Waals surface area contributed by atoms with Gasteiger partial charge in [-0.05, 0) is 14.5 Å². The molecule has 0 aliphatic heterocycles. The Morgan fingerprint density at radius 2 is 2.33 bits per heavy atom. The molecule has 1 radical (unpaired) electrons. The fraction of sp³-hybridized carbons (Fsp3) is 0. The summed E-state index contributed by atoms with van der Waals surface area (Å²) in [6.07, 6.45) is -0.845. The summed E-state index contributed by atoms with van der Waals surface area (Å²) in [7, 11) is 0. The van der Waals surface area contributed by atoms with E-state index in [1.807, 2.05) is 0 Å². The van der Waals surface area contributed by atoms with Crippen LogP contribution in [0.4, 0.5) is 0 Å². The molecule has 0 saturated heterocycles. The van der Waals surface area contributed by atoms with Crippen LogP contribution in [0.2, 0.25) is 0 Å². The minimum atomic E-state index is -0.471. The smallest absolute Gasteiger partial charge is 0.0860 e. The van der Waals surface area contributed by atoms with Crippen LogP contribution in [-0.2, 0) is 20.1 Å². The van der Waals surface area contributed by atoms with Crippen molar-refractivity contribution in [2.45, 2.75) is 0 Å². The molecule has 0 bridgehead atoms. The monoisotopic (exact) mass is 343 g/mol. The Hall–Kier alpha value is -0.921. The number of benzene rings is 1. The average Bonchev–Trinajstić information content (AvgIpc) is 2.59. The zero-order chi connectivity index (χ0) is 13.6. The molecule has 63 valence electrons. The van der Waals surface area contributed by atoms with Crippen molar-refractivity contribution in [3.63, 3.8) is 0 Å². The topological polar surface area (TPSA) is 17.8 Å². The fourth-order valence-corrected chi connectivity index (χ4v) is 0.633. The summed E-state index contributed by atoms with van der Waals surface area (Å²) in [6.45, 7) is 0. The minimum absolute atomic E-state index is 0. The van der Waals surface area contributed by atoms with Crippen LogP contribution in [0.3, 0.4) is 0 Å². The summed E-state index contributed by atoms with van der Waals surface area (Å²) in [6, 6.07) is 0.260. The first-order valence-corrected chi connectivity index (χ1v) is 2.87. The van der Waals surface area contributed by atoms with Gasteiger partial charge in [0.25, 0.3) is 0 Å². The van der Waals surface area contributed by atoms with E-state index in [1.165, 1.54) is 0 Å². The van der Waals surface area contributed by atoms with E-state index in [1.54, 1.807) is 0 Å². The Labute approximate surface area is 94.4 Å². The second-order valence-corrected chi connectivity index (χ2v) is 1.73. The Kier molecular flexibility index (Phi) is 1.20. The van der Waals surface area contributed by atoms with Gasteiger partial charge in [-0.25, -0.2) is 0 Å². The third-order valence-electron chi connectivity index (χ3n) is 1.07. The van der Waals surface area contributed by atoms with Gasteiger partial charge in [0, 0.05) is 35.2 Å². The Morgan fingerprint density at radius 1 is 1.42 bits per heavy atom. The van der Waals surface area contributed by atoms with E-state index >= 15 is 0 Å². The van der Waals surface area contributed by atoms with Crippen LogP contribution in [-0.4, -0.2) is 9.78 Å². The summed E-state index contributed by atoms with van der Waals surface area (Å²) in [4.78, 5) is 0. The molecule has 0 unspecified atom stereocenters. The van der Waals surface area contributed by atoms with Crippen molar-refractivity contribution in [1.82, 2.24) is 9.78 Å². The summed E-state index contributed by atoms with van der Waals surface area (Å²) in [5.74, 6) is 0. The van der Waals surface area contributed by atoms with Crippen LogP contribution < -0.4 is 0 Å². The molecule has 2 rings (SSSR count). The van der Waals surface area contributed by atoms with Crippen molar-refractivity contribution in [2.75, 3.05) is 0 Å². The standard InChI is InChI=1S/C9H7N2.Ir/c1-2-5-9(6-3-1)11-8-4-7-10-11;/h1-5,7-8H;/q-1;/i1D,2D,3D,4D,5D,7D,8D;. The maximum atomic E-state index is 7.66. The van der Waals surface area contributed by atoms with E-state index in [2.05, 4.69) is 11.2 Å². The number of hydrogen-bond donors (Lipinski definition) is 0. The summed E-state index contributed by atoms with van der Waals surface area (Å²) >= 11 is 0. The van der Waals surface area contributed by atoms with E-state index < -0.39 is 36.5 Å². The molecule has 1 heterocycles. The third kappa shape index (κ3) is 1.81. The molecular weight excluding hydrogens is 328 g/mol. The van der Waals surface area contributed by atoms with Crippen molar-refractivity contribution in [2.24, 2.45) is 0 Å². The molecule has 2 aromatic rings. The number of para-hydroxylation sites is 1.